The van der Waals surface area contributed by atoms with Gasteiger partial charge in [0, 0.05) is 5.38 Å². The van der Waals surface area contributed by atoms with Gasteiger partial charge in [-0.3, -0.25) is 0 Å². The van der Waals surface area contributed by atoms with E-state index in [1.165, 1.54) is 12.8 Å². The van der Waals surface area contributed by atoms with Crippen molar-refractivity contribution in [2.24, 2.45) is 5.73 Å². The average molecular weight is 212 g/mol. The summed E-state index contributed by atoms with van der Waals surface area (Å²) in [7, 11) is 0. The number of nitrogens with two attached hydrogens (primary N) is 1. The van der Waals surface area contributed by atoms with E-state index in [2.05, 4.69) is 4.98 Å². The molecule has 0 spiro atoms. The zero-order valence-electron chi connectivity index (χ0n) is 8.45. The second-order valence-corrected chi connectivity index (χ2v) is 4.62. The van der Waals surface area contributed by atoms with Crippen molar-refractivity contribution in [1.29, 1.82) is 0 Å². The molecule has 1 aliphatic rings. The van der Waals surface area contributed by atoms with Crippen LogP contribution >= 0.6 is 11.3 Å². The molecule has 14 heavy (non-hydrogen) atoms. The van der Waals surface area contributed by atoms with Crippen molar-refractivity contribution >= 4 is 11.3 Å². The topological polar surface area (TPSA) is 48.1 Å². The Morgan fingerprint density at radius 1 is 1.57 bits per heavy atom. The van der Waals surface area contributed by atoms with E-state index >= 15 is 0 Å². The summed E-state index contributed by atoms with van der Waals surface area (Å²) in [4.78, 5) is 4.43. The molecule has 3 nitrogen and oxygen atoms in total. The summed E-state index contributed by atoms with van der Waals surface area (Å²) >= 11 is 1.55. The fourth-order valence-corrected chi connectivity index (χ4v) is 2.77. The number of thiazole rings is 1. The number of hydrogen-bond donors (Lipinski definition) is 1. The Kier molecular flexibility index (Phi) is 2.74. The van der Waals surface area contributed by atoms with E-state index in [0.717, 1.165) is 23.7 Å². The van der Waals surface area contributed by atoms with Gasteiger partial charge in [0.25, 0.3) is 5.19 Å². The fraction of sp³-hybridized carbons (Fsp3) is 0.700. The number of ether oxygens (including phenoxy) is 1. The summed E-state index contributed by atoms with van der Waals surface area (Å²) in [6.07, 6.45) is 4.56. The minimum absolute atomic E-state index is 0.175. The van der Waals surface area contributed by atoms with Gasteiger partial charge in [-0.1, -0.05) is 24.2 Å². The Hall–Kier alpha value is -0.610. The molecule has 78 valence electrons. The fourth-order valence-electron chi connectivity index (χ4n) is 1.94. The molecule has 0 radical (unpaired) electrons. The molecule has 0 aromatic carbocycles. The molecule has 0 saturated heterocycles. The lowest BCUT2D eigenvalue weighted by molar-refractivity contribution is 0.334. The lowest BCUT2D eigenvalue weighted by atomic mass is 9.96. The van der Waals surface area contributed by atoms with Crippen LogP contribution < -0.4 is 10.5 Å². The van der Waals surface area contributed by atoms with Gasteiger partial charge in [-0.05, 0) is 19.8 Å². The van der Waals surface area contributed by atoms with Gasteiger partial charge in [0.05, 0.1) is 17.8 Å². The minimum atomic E-state index is -0.175. The van der Waals surface area contributed by atoms with Gasteiger partial charge in [0.15, 0.2) is 0 Å². The van der Waals surface area contributed by atoms with E-state index in [0.29, 0.717) is 6.61 Å². The molecule has 1 heterocycles. The van der Waals surface area contributed by atoms with Gasteiger partial charge in [-0.25, -0.2) is 4.98 Å². The van der Waals surface area contributed by atoms with E-state index in [1.807, 2.05) is 12.3 Å². The third-order valence-corrected chi connectivity index (χ3v) is 3.51. The molecular weight excluding hydrogens is 196 g/mol. The molecule has 1 aromatic heterocycles. The van der Waals surface area contributed by atoms with E-state index in [4.69, 9.17) is 10.5 Å². The molecule has 0 bridgehead atoms. The third-order valence-electron chi connectivity index (χ3n) is 2.76. The predicted molar refractivity (Wildman–Crippen MR) is 57.6 cm³/mol. The van der Waals surface area contributed by atoms with E-state index in [-0.39, 0.29) is 5.54 Å². The predicted octanol–water partition coefficient (Wildman–Crippen LogP) is 2.27. The summed E-state index contributed by atoms with van der Waals surface area (Å²) in [5.74, 6) is 0. The quantitative estimate of drug-likeness (QED) is 0.836. The first-order valence-electron chi connectivity index (χ1n) is 5.12. The summed E-state index contributed by atoms with van der Waals surface area (Å²) in [6.45, 7) is 2.64. The van der Waals surface area contributed by atoms with Crippen molar-refractivity contribution in [3.63, 3.8) is 0 Å². The first-order chi connectivity index (χ1) is 6.74. The highest BCUT2D eigenvalue weighted by molar-refractivity contribution is 7.11. The Labute approximate surface area is 88.3 Å². The molecule has 1 saturated carbocycles. The van der Waals surface area contributed by atoms with Gasteiger partial charge in [-0.15, -0.1) is 0 Å². The Morgan fingerprint density at radius 3 is 2.93 bits per heavy atom. The molecule has 1 aliphatic carbocycles. The van der Waals surface area contributed by atoms with Crippen LogP contribution in [0.3, 0.4) is 0 Å². The van der Waals surface area contributed by atoms with Crippen molar-refractivity contribution in [1.82, 2.24) is 4.98 Å². The normalized spacial score (nSPS) is 19.9. The molecule has 4 heteroatoms. The second-order valence-electron chi connectivity index (χ2n) is 3.79. The minimum Gasteiger partial charge on any atom is -0.470 e. The highest BCUT2D eigenvalue weighted by atomic mass is 32.1. The van der Waals surface area contributed by atoms with Gasteiger partial charge in [0.1, 0.15) is 0 Å². The molecule has 1 fully saturated rings. The van der Waals surface area contributed by atoms with E-state index in [9.17, 15) is 0 Å². The maximum atomic E-state index is 6.28. The average Bonchev–Trinajstić information content (AvgIpc) is 2.75. The van der Waals surface area contributed by atoms with Crippen LogP contribution in [0.25, 0.3) is 0 Å². The van der Waals surface area contributed by atoms with Crippen molar-refractivity contribution in [2.75, 3.05) is 6.61 Å². The van der Waals surface area contributed by atoms with Crippen LogP contribution in [0.5, 0.6) is 5.19 Å². The monoisotopic (exact) mass is 212 g/mol. The molecule has 0 aliphatic heterocycles. The van der Waals surface area contributed by atoms with Gasteiger partial charge in [0.2, 0.25) is 0 Å². The lowest BCUT2D eigenvalue weighted by Crippen LogP contribution is -2.33. The maximum absolute atomic E-state index is 6.28. The molecule has 1 aromatic rings. The Balaban J connectivity index is 2.15. The third kappa shape index (κ3) is 1.77. The van der Waals surface area contributed by atoms with Crippen LogP contribution in [0.1, 0.15) is 38.3 Å². The van der Waals surface area contributed by atoms with Gasteiger partial charge < -0.3 is 10.5 Å². The summed E-state index contributed by atoms with van der Waals surface area (Å²) in [5.41, 5.74) is 7.12. The molecular formula is C10H16N2OS. The van der Waals surface area contributed by atoms with E-state index < -0.39 is 0 Å². The maximum Gasteiger partial charge on any atom is 0.273 e. The van der Waals surface area contributed by atoms with Crippen molar-refractivity contribution < 1.29 is 4.74 Å². The van der Waals surface area contributed by atoms with Crippen LogP contribution in [-0.4, -0.2) is 11.6 Å². The van der Waals surface area contributed by atoms with Crippen LogP contribution in [0.15, 0.2) is 5.38 Å². The van der Waals surface area contributed by atoms with Crippen molar-refractivity contribution in [3.05, 3.63) is 11.1 Å². The first kappa shape index (κ1) is 9.93. The molecule has 2 N–H and O–H groups in total. The largest absolute Gasteiger partial charge is 0.470 e. The smallest absolute Gasteiger partial charge is 0.273 e. The Bertz CT molecular complexity index is 305. The van der Waals surface area contributed by atoms with Crippen LogP contribution in [0.4, 0.5) is 0 Å². The lowest BCUT2D eigenvalue weighted by Gasteiger charge is -2.20. The SMILES string of the molecule is CCOc1nc(C2(N)CCCC2)cs1. The van der Waals surface area contributed by atoms with Gasteiger partial charge >= 0.3 is 0 Å². The number of rotatable bonds is 3. The summed E-state index contributed by atoms with van der Waals surface area (Å²) < 4.78 is 5.34. The van der Waals surface area contributed by atoms with Crippen LogP contribution in [-0.2, 0) is 5.54 Å². The molecule has 0 amide bonds. The first-order valence-corrected chi connectivity index (χ1v) is 6.00. The molecule has 0 atom stereocenters. The zero-order chi connectivity index (χ0) is 10.0. The highest BCUT2D eigenvalue weighted by Crippen LogP contribution is 2.37. The van der Waals surface area contributed by atoms with Gasteiger partial charge in [-0.2, -0.15) is 0 Å². The van der Waals surface area contributed by atoms with Crippen molar-refractivity contribution in [3.8, 4) is 5.19 Å². The van der Waals surface area contributed by atoms with Crippen LogP contribution in [0.2, 0.25) is 0 Å². The zero-order valence-corrected chi connectivity index (χ0v) is 9.27. The second kappa shape index (κ2) is 3.87. The number of hydrogen-bond acceptors (Lipinski definition) is 4. The molecule has 0 unspecified atom stereocenters. The summed E-state index contributed by atoms with van der Waals surface area (Å²) in [5, 5.41) is 2.79. The Morgan fingerprint density at radius 2 is 2.29 bits per heavy atom. The van der Waals surface area contributed by atoms with E-state index in [1.54, 1.807) is 11.3 Å². The summed E-state index contributed by atoms with van der Waals surface area (Å²) in [6, 6.07) is 0. The van der Waals surface area contributed by atoms with Crippen molar-refractivity contribution in [2.45, 2.75) is 38.1 Å². The number of nitrogens with zero attached hydrogens (tertiary/aromatic N) is 1. The standard InChI is InChI=1S/C10H16N2OS/c1-2-13-9-12-8(7-14-9)10(11)5-3-4-6-10/h7H,2-6,11H2,1H3. The van der Waals surface area contributed by atoms with Crippen LogP contribution in [0, 0.1) is 0 Å². The molecule has 2 rings (SSSR count). The highest BCUT2D eigenvalue weighted by Gasteiger charge is 2.33. The number of aromatic nitrogens is 1.